The van der Waals surface area contributed by atoms with Gasteiger partial charge in [0.2, 0.25) is 0 Å². The van der Waals surface area contributed by atoms with Crippen molar-refractivity contribution in [2.45, 2.75) is 0 Å². The number of rotatable bonds is 1. The second-order valence-electron chi connectivity index (χ2n) is 3.10. The molecule has 2 rings (SSSR count). The summed E-state index contributed by atoms with van der Waals surface area (Å²) in [6.45, 7) is 0. The molecular formula is C9H6F3N3O. The van der Waals surface area contributed by atoms with Gasteiger partial charge in [-0.15, -0.1) is 0 Å². The highest BCUT2D eigenvalue weighted by atomic mass is 19.2. The van der Waals surface area contributed by atoms with Gasteiger partial charge in [0.15, 0.2) is 17.5 Å². The number of aromatic nitrogens is 2. The summed E-state index contributed by atoms with van der Waals surface area (Å²) in [5.41, 5.74) is 4.78. The normalized spacial score (nSPS) is 10.7. The highest BCUT2D eigenvalue weighted by Crippen LogP contribution is 2.17. The summed E-state index contributed by atoms with van der Waals surface area (Å²) in [7, 11) is 0. The number of nitrogens with zero attached hydrogens (tertiary/aromatic N) is 1. The molecule has 1 heterocycles. The molecule has 0 aliphatic rings. The van der Waals surface area contributed by atoms with Gasteiger partial charge in [-0.2, -0.15) is 0 Å². The number of benzene rings is 1. The van der Waals surface area contributed by atoms with E-state index in [1.807, 2.05) is 0 Å². The van der Waals surface area contributed by atoms with Crippen molar-refractivity contribution in [3.8, 4) is 5.69 Å². The molecule has 84 valence electrons. The number of anilines is 1. The van der Waals surface area contributed by atoms with Crippen LogP contribution in [0.2, 0.25) is 0 Å². The molecule has 3 N–H and O–H groups in total. The second kappa shape index (κ2) is 3.44. The molecule has 7 heteroatoms. The van der Waals surface area contributed by atoms with E-state index in [9.17, 15) is 18.0 Å². The zero-order valence-electron chi connectivity index (χ0n) is 7.80. The molecule has 0 unspecified atom stereocenters. The summed E-state index contributed by atoms with van der Waals surface area (Å²) >= 11 is 0. The fraction of sp³-hybridized carbons (Fsp3) is 0. The van der Waals surface area contributed by atoms with Crippen LogP contribution in [-0.2, 0) is 0 Å². The third-order valence-corrected chi connectivity index (χ3v) is 1.99. The molecule has 0 amide bonds. The lowest BCUT2D eigenvalue weighted by atomic mass is 10.3. The Morgan fingerprint density at radius 3 is 2.12 bits per heavy atom. The first kappa shape index (κ1) is 10.3. The molecule has 0 aliphatic heterocycles. The smallest absolute Gasteiger partial charge is 0.266 e. The molecule has 0 bridgehead atoms. The molecule has 0 fully saturated rings. The molecule has 0 saturated heterocycles. The Kier molecular flexibility index (Phi) is 2.22. The van der Waals surface area contributed by atoms with Crippen LogP contribution in [0, 0.1) is 17.5 Å². The molecule has 4 nitrogen and oxygen atoms in total. The van der Waals surface area contributed by atoms with Crippen molar-refractivity contribution in [1.82, 2.24) is 9.78 Å². The van der Waals surface area contributed by atoms with Crippen LogP contribution in [0.15, 0.2) is 23.0 Å². The third kappa shape index (κ3) is 1.56. The monoisotopic (exact) mass is 229 g/mol. The Morgan fingerprint density at radius 2 is 1.69 bits per heavy atom. The number of hydrogen-bond donors (Lipinski definition) is 2. The summed E-state index contributed by atoms with van der Waals surface area (Å²) in [4.78, 5) is 10.9. The van der Waals surface area contributed by atoms with Crippen molar-refractivity contribution < 1.29 is 13.2 Å². The van der Waals surface area contributed by atoms with E-state index in [0.29, 0.717) is 0 Å². The molecule has 0 saturated carbocycles. The van der Waals surface area contributed by atoms with Gasteiger partial charge in [-0.3, -0.25) is 9.89 Å². The molecule has 2 aromatic rings. The van der Waals surface area contributed by atoms with Crippen molar-refractivity contribution in [3.63, 3.8) is 0 Å². The highest BCUT2D eigenvalue weighted by Gasteiger charge is 2.13. The van der Waals surface area contributed by atoms with Gasteiger partial charge in [-0.1, -0.05) is 0 Å². The number of nitrogen functional groups attached to an aromatic ring is 1. The van der Waals surface area contributed by atoms with Crippen LogP contribution in [0.3, 0.4) is 0 Å². The summed E-state index contributed by atoms with van der Waals surface area (Å²) in [5, 5.41) is 2.21. The van der Waals surface area contributed by atoms with Crippen LogP contribution >= 0.6 is 0 Å². The number of aromatic amines is 1. The molecule has 16 heavy (non-hydrogen) atoms. The first-order valence-electron chi connectivity index (χ1n) is 4.21. The lowest BCUT2D eigenvalue weighted by Crippen LogP contribution is -2.07. The average molecular weight is 229 g/mol. The van der Waals surface area contributed by atoms with Gasteiger partial charge in [-0.25, -0.2) is 17.9 Å². The van der Waals surface area contributed by atoms with E-state index in [1.165, 1.54) is 0 Å². The van der Waals surface area contributed by atoms with Crippen LogP contribution in [0.1, 0.15) is 0 Å². The minimum Gasteiger partial charge on any atom is -0.384 e. The quantitative estimate of drug-likeness (QED) is 0.721. The third-order valence-electron chi connectivity index (χ3n) is 1.99. The highest BCUT2D eigenvalue weighted by molar-refractivity contribution is 5.41. The van der Waals surface area contributed by atoms with Crippen molar-refractivity contribution in [3.05, 3.63) is 46.0 Å². The molecular weight excluding hydrogens is 223 g/mol. The van der Waals surface area contributed by atoms with E-state index in [2.05, 4.69) is 5.10 Å². The van der Waals surface area contributed by atoms with E-state index in [-0.39, 0.29) is 11.5 Å². The van der Waals surface area contributed by atoms with Gasteiger partial charge in [0.05, 0.1) is 5.69 Å². The molecule has 1 aromatic heterocycles. The fourth-order valence-corrected chi connectivity index (χ4v) is 1.29. The number of hydrogen-bond acceptors (Lipinski definition) is 2. The van der Waals surface area contributed by atoms with Gasteiger partial charge < -0.3 is 5.73 Å². The number of nitrogens with two attached hydrogens (primary N) is 1. The molecule has 0 radical (unpaired) electrons. The van der Waals surface area contributed by atoms with Gasteiger partial charge in [-0.05, 0) is 0 Å². The van der Waals surface area contributed by atoms with Gasteiger partial charge in [0, 0.05) is 18.2 Å². The predicted octanol–water partition coefficient (Wildman–Crippen LogP) is 1.17. The van der Waals surface area contributed by atoms with Crippen LogP contribution in [0.4, 0.5) is 19.0 Å². The second-order valence-corrected chi connectivity index (χ2v) is 3.10. The van der Waals surface area contributed by atoms with E-state index >= 15 is 0 Å². The van der Waals surface area contributed by atoms with E-state index in [1.54, 1.807) is 0 Å². The van der Waals surface area contributed by atoms with Gasteiger partial charge in [0.1, 0.15) is 5.82 Å². The lowest BCUT2D eigenvalue weighted by Gasteiger charge is -2.05. The number of halogens is 3. The Labute approximate surface area is 87.1 Å². The Hall–Kier alpha value is -2.18. The first-order chi connectivity index (χ1) is 7.49. The number of nitrogens with one attached hydrogen (secondary N) is 1. The zero-order valence-corrected chi connectivity index (χ0v) is 7.80. The predicted molar refractivity (Wildman–Crippen MR) is 50.7 cm³/mol. The largest absolute Gasteiger partial charge is 0.384 e. The van der Waals surface area contributed by atoms with Crippen LogP contribution in [0.25, 0.3) is 5.69 Å². The maximum atomic E-state index is 12.9. The molecule has 0 spiro atoms. The summed E-state index contributed by atoms with van der Waals surface area (Å²) in [6.07, 6.45) is 0. The van der Waals surface area contributed by atoms with Crippen LogP contribution in [0.5, 0.6) is 0 Å². The van der Waals surface area contributed by atoms with Gasteiger partial charge in [0.25, 0.3) is 5.56 Å². The fourth-order valence-electron chi connectivity index (χ4n) is 1.29. The van der Waals surface area contributed by atoms with Crippen LogP contribution < -0.4 is 11.3 Å². The molecule has 1 aromatic carbocycles. The Bertz CT molecular complexity index is 579. The molecule has 0 aliphatic carbocycles. The minimum atomic E-state index is -1.57. The average Bonchev–Trinajstić information content (AvgIpc) is 2.53. The van der Waals surface area contributed by atoms with Crippen molar-refractivity contribution in [2.24, 2.45) is 0 Å². The van der Waals surface area contributed by atoms with Crippen LogP contribution in [-0.4, -0.2) is 9.78 Å². The van der Waals surface area contributed by atoms with Gasteiger partial charge >= 0.3 is 0 Å². The first-order valence-corrected chi connectivity index (χ1v) is 4.21. The Morgan fingerprint density at radius 1 is 1.12 bits per heavy atom. The molecule has 0 atom stereocenters. The SMILES string of the molecule is Nc1cc(=O)[nH]n1-c1cc(F)c(F)c(F)c1. The van der Waals surface area contributed by atoms with Crippen molar-refractivity contribution >= 4 is 5.82 Å². The topological polar surface area (TPSA) is 63.8 Å². The van der Waals surface area contributed by atoms with E-state index < -0.39 is 23.0 Å². The maximum absolute atomic E-state index is 12.9. The Balaban J connectivity index is 2.65. The van der Waals surface area contributed by atoms with E-state index in [0.717, 1.165) is 22.9 Å². The number of H-pyrrole nitrogens is 1. The van der Waals surface area contributed by atoms with Crippen molar-refractivity contribution in [1.29, 1.82) is 0 Å². The maximum Gasteiger partial charge on any atom is 0.266 e. The summed E-state index contributed by atoms with van der Waals surface area (Å²) < 4.78 is 39.4. The standard InChI is InChI=1S/C9H6F3N3O/c10-5-1-4(2-6(11)9(5)12)15-7(13)3-8(16)14-15/h1-3H,13H2,(H,14,16). The lowest BCUT2D eigenvalue weighted by molar-refractivity contribution is 0.446. The van der Waals surface area contributed by atoms with Crippen molar-refractivity contribution in [2.75, 3.05) is 5.73 Å². The van der Waals surface area contributed by atoms with E-state index in [4.69, 9.17) is 5.73 Å². The summed E-state index contributed by atoms with van der Waals surface area (Å²) in [6, 6.07) is 2.49. The minimum absolute atomic E-state index is 0.0320. The summed E-state index contributed by atoms with van der Waals surface area (Å²) in [5.74, 6) is -4.32. The zero-order chi connectivity index (χ0) is 11.9.